The van der Waals surface area contributed by atoms with Crippen molar-refractivity contribution in [3.05, 3.63) is 75.8 Å². The summed E-state index contributed by atoms with van der Waals surface area (Å²) in [6, 6.07) is 10.7. The lowest BCUT2D eigenvalue weighted by Gasteiger charge is -2.17. The molecule has 0 atom stereocenters. The normalized spacial score (nSPS) is 10.8. The van der Waals surface area contributed by atoms with Crippen molar-refractivity contribution in [2.75, 3.05) is 7.05 Å². The van der Waals surface area contributed by atoms with E-state index in [2.05, 4.69) is 14.7 Å². The highest BCUT2D eigenvalue weighted by Gasteiger charge is 2.11. The summed E-state index contributed by atoms with van der Waals surface area (Å²) in [5.74, 6) is -1.66. The van der Waals surface area contributed by atoms with E-state index in [4.69, 9.17) is 0 Å². The van der Waals surface area contributed by atoms with Crippen molar-refractivity contribution in [3.8, 4) is 11.4 Å². The Balaban J connectivity index is 1.48. The average molecular weight is 387 g/mol. The van der Waals surface area contributed by atoms with Gasteiger partial charge >= 0.3 is 5.76 Å². The molecular weight excluding hydrogens is 368 g/mol. The number of carbonyl (C=O) groups excluding carboxylic acids is 1. The van der Waals surface area contributed by atoms with E-state index >= 15 is 0 Å². The van der Waals surface area contributed by atoms with Gasteiger partial charge in [0.25, 0.3) is 0 Å². The number of halogens is 2. The van der Waals surface area contributed by atoms with Crippen LogP contribution in [0.15, 0.2) is 51.8 Å². The second-order valence-electron chi connectivity index (χ2n) is 6.52. The maximum Gasteiger partial charge on any atom is 0.439 e. The minimum absolute atomic E-state index is 0.0959. The summed E-state index contributed by atoms with van der Waals surface area (Å²) in [6.45, 7) is 0.151. The Morgan fingerprint density at radius 1 is 1.11 bits per heavy atom. The highest BCUT2D eigenvalue weighted by atomic mass is 19.1. The lowest BCUT2D eigenvalue weighted by atomic mass is 10.1. The van der Waals surface area contributed by atoms with E-state index in [0.29, 0.717) is 30.7 Å². The van der Waals surface area contributed by atoms with Crippen LogP contribution in [0.4, 0.5) is 8.78 Å². The molecule has 28 heavy (non-hydrogen) atoms. The molecule has 0 fully saturated rings. The van der Waals surface area contributed by atoms with Crippen LogP contribution in [0, 0.1) is 11.6 Å². The molecule has 0 radical (unpaired) electrons. The first kappa shape index (κ1) is 19.5. The SMILES string of the molecule is CN(Cc1cc(F)cc(F)c1)C(=O)CCCc1ccc(-c2noc(=O)[nH]2)cc1. The molecule has 0 spiro atoms. The van der Waals surface area contributed by atoms with Gasteiger partial charge in [-0.2, -0.15) is 0 Å². The number of carbonyl (C=O) groups is 1. The zero-order valence-electron chi connectivity index (χ0n) is 15.2. The number of aromatic nitrogens is 2. The average Bonchev–Trinajstić information content (AvgIpc) is 3.07. The minimum Gasteiger partial charge on any atom is -0.341 e. The van der Waals surface area contributed by atoms with Crippen molar-refractivity contribution < 1.29 is 18.1 Å². The van der Waals surface area contributed by atoms with E-state index in [-0.39, 0.29) is 12.5 Å². The van der Waals surface area contributed by atoms with Crippen LogP contribution in [-0.2, 0) is 17.8 Å². The summed E-state index contributed by atoms with van der Waals surface area (Å²) in [5, 5.41) is 3.63. The Bertz CT molecular complexity index is 992. The van der Waals surface area contributed by atoms with Gasteiger partial charge in [0.15, 0.2) is 5.82 Å². The molecule has 0 saturated carbocycles. The summed E-state index contributed by atoms with van der Waals surface area (Å²) >= 11 is 0. The molecule has 8 heteroatoms. The maximum absolute atomic E-state index is 13.2. The van der Waals surface area contributed by atoms with Gasteiger partial charge < -0.3 is 4.90 Å². The molecule has 1 aromatic heterocycles. The van der Waals surface area contributed by atoms with Crippen molar-refractivity contribution in [3.63, 3.8) is 0 Å². The molecule has 2 aromatic carbocycles. The molecule has 0 aliphatic heterocycles. The molecule has 1 amide bonds. The monoisotopic (exact) mass is 387 g/mol. The number of H-pyrrole nitrogens is 1. The van der Waals surface area contributed by atoms with Crippen molar-refractivity contribution in [2.24, 2.45) is 0 Å². The summed E-state index contributed by atoms with van der Waals surface area (Å²) in [6.07, 6.45) is 1.66. The molecule has 1 N–H and O–H groups in total. The van der Waals surface area contributed by atoms with Gasteiger partial charge in [0.1, 0.15) is 11.6 Å². The van der Waals surface area contributed by atoms with Crippen LogP contribution in [-0.4, -0.2) is 28.0 Å². The number of benzene rings is 2. The third kappa shape index (κ3) is 5.12. The molecule has 3 aromatic rings. The summed E-state index contributed by atoms with van der Waals surface area (Å²) in [4.78, 5) is 27.2. The molecule has 0 aliphatic rings. The summed E-state index contributed by atoms with van der Waals surface area (Å²) in [7, 11) is 1.61. The van der Waals surface area contributed by atoms with Gasteiger partial charge in [0, 0.05) is 31.6 Å². The number of rotatable bonds is 7. The first-order valence-corrected chi connectivity index (χ1v) is 8.75. The van der Waals surface area contributed by atoms with E-state index in [9.17, 15) is 18.4 Å². The molecule has 3 rings (SSSR count). The van der Waals surface area contributed by atoms with E-state index in [0.717, 1.165) is 17.2 Å². The van der Waals surface area contributed by atoms with Gasteiger partial charge in [-0.3, -0.25) is 14.3 Å². The second-order valence-corrected chi connectivity index (χ2v) is 6.52. The molecule has 0 aliphatic carbocycles. The Kier molecular flexibility index (Phi) is 5.98. The van der Waals surface area contributed by atoms with Crippen LogP contribution in [0.3, 0.4) is 0 Å². The fraction of sp³-hybridized carbons (Fsp3) is 0.250. The summed E-state index contributed by atoms with van der Waals surface area (Å²) in [5.41, 5.74) is 2.18. The minimum atomic E-state index is -0.658. The highest BCUT2D eigenvalue weighted by Crippen LogP contribution is 2.16. The number of nitrogens with zero attached hydrogens (tertiary/aromatic N) is 2. The number of aryl methyl sites for hydroxylation is 1. The Labute approximate surface area is 159 Å². The van der Waals surface area contributed by atoms with E-state index in [1.165, 1.54) is 17.0 Å². The first-order chi connectivity index (χ1) is 13.4. The maximum atomic E-state index is 13.2. The third-order valence-corrected chi connectivity index (χ3v) is 4.29. The highest BCUT2D eigenvalue weighted by molar-refractivity contribution is 5.75. The fourth-order valence-corrected chi connectivity index (χ4v) is 2.88. The number of aromatic amines is 1. The van der Waals surface area contributed by atoms with Crippen LogP contribution in [0.25, 0.3) is 11.4 Å². The zero-order chi connectivity index (χ0) is 20.1. The smallest absolute Gasteiger partial charge is 0.341 e. The van der Waals surface area contributed by atoms with Gasteiger partial charge in [0.2, 0.25) is 5.91 Å². The van der Waals surface area contributed by atoms with Crippen molar-refractivity contribution in [1.82, 2.24) is 15.0 Å². The Morgan fingerprint density at radius 3 is 2.39 bits per heavy atom. The molecule has 146 valence electrons. The van der Waals surface area contributed by atoms with Gasteiger partial charge in [-0.05, 0) is 36.1 Å². The van der Waals surface area contributed by atoms with Gasteiger partial charge in [-0.1, -0.05) is 29.4 Å². The zero-order valence-corrected chi connectivity index (χ0v) is 15.2. The number of nitrogens with one attached hydrogen (secondary N) is 1. The molecular formula is C20H19F2N3O3. The van der Waals surface area contributed by atoms with Crippen LogP contribution < -0.4 is 5.76 Å². The van der Waals surface area contributed by atoms with Gasteiger partial charge in [-0.25, -0.2) is 13.6 Å². The first-order valence-electron chi connectivity index (χ1n) is 8.75. The second kappa shape index (κ2) is 8.60. The van der Waals surface area contributed by atoms with Crippen LogP contribution in [0.2, 0.25) is 0 Å². The number of hydrogen-bond donors (Lipinski definition) is 1. The number of amides is 1. The van der Waals surface area contributed by atoms with E-state index in [1.54, 1.807) is 7.05 Å². The Hall–Kier alpha value is -3.29. The lowest BCUT2D eigenvalue weighted by molar-refractivity contribution is -0.130. The summed E-state index contributed by atoms with van der Waals surface area (Å²) < 4.78 is 30.9. The van der Waals surface area contributed by atoms with Crippen molar-refractivity contribution in [2.45, 2.75) is 25.8 Å². The van der Waals surface area contributed by atoms with Crippen molar-refractivity contribution >= 4 is 5.91 Å². The molecule has 0 saturated heterocycles. The largest absolute Gasteiger partial charge is 0.439 e. The van der Waals surface area contributed by atoms with Crippen LogP contribution in [0.5, 0.6) is 0 Å². The quantitative estimate of drug-likeness (QED) is 0.675. The van der Waals surface area contributed by atoms with Crippen LogP contribution in [0.1, 0.15) is 24.0 Å². The van der Waals surface area contributed by atoms with E-state index in [1.807, 2.05) is 24.3 Å². The molecule has 0 bridgehead atoms. The van der Waals surface area contributed by atoms with E-state index < -0.39 is 17.4 Å². The fourth-order valence-electron chi connectivity index (χ4n) is 2.88. The predicted molar refractivity (Wildman–Crippen MR) is 98.3 cm³/mol. The van der Waals surface area contributed by atoms with Crippen LogP contribution >= 0.6 is 0 Å². The molecule has 1 heterocycles. The predicted octanol–water partition coefficient (Wildman–Crippen LogP) is 3.29. The topological polar surface area (TPSA) is 79.2 Å². The molecule has 6 nitrogen and oxygen atoms in total. The van der Waals surface area contributed by atoms with Crippen molar-refractivity contribution in [1.29, 1.82) is 0 Å². The lowest BCUT2D eigenvalue weighted by Crippen LogP contribution is -2.26. The Morgan fingerprint density at radius 2 is 1.79 bits per heavy atom. The number of hydrogen-bond acceptors (Lipinski definition) is 4. The van der Waals surface area contributed by atoms with Gasteiger partial charge in [0.05, 0.1) is 0 Å². The standard InChI is InChI=1S/C20H19F2N3O3/c1-25(12-14-9-16(21)11-17(22)10-14)18(26)4-2-3-13-5-7-15(8-6-13)19-23-20(27)28-24-19/h5-11H,2-4,12H2,1H3,(H,23,24,27). The third-order valence-electron chi connectivity index (χ3n) is 4.29. The molecule has 0 unspecified atom stereocenters. The van der Waals surface area contributed by atoms with Gasteiger partial charge in [-0.15, -0.1) is 0 Å².